The van der Waals surface area contributed by atoms with Crippen LogP contribution in [0.25, 0.3) is 0 Å². The van der Waals surface area contributed by atoms with Gasteiger partial charge in [-0.25, -0.2) is 4.79 Å². The molecule has 0 bridgehead atoms. The fraction of sp³-hybridized carbons (Fsp3) is 0.857. The number of aliphatic carboxylic acids is 1. The number of hydrogen-bond donors (Lipinski definition) is 3. The molecular weight excluding hydrogens is 274 g/mol. The minimum absolute atomic E-state index is 0.0124. The lowest BCUT2D eigenvalue weighted by Crippen LogP contribution is -2.41. The summed E-state index contributed by atoms with van der Waals surface area (Å²) in [7, 11) is 0. The Morgan fingerprint density at radius 3 is 2.62 bits per heavy atom. The van der Waals surface area contributed by atoms with Gasteiger partial charge in [-0.2, -0.15) is 0 Å². The van der Waals surface area contributed by atoms with Crippen molar-refractivity contribution in [2.45, 2.75) is 26.2 Å². The molecule has 1 aliphatic heterocycles. The van der Waals surface area contributed by atoms with Crippen molar-refractivity contribution in [2.75, 3.05) is 45.9 Å². The molecule has 0 aromatic rings. The number of carbonyl (C=O) groups is 2. The van der Waals surface area contributed by atoms with Gasteiger partial charge in [0.05, 0.1) is 13.2 Å². The van der Waals surface area contributed by atoms with E-state index < -0.39 is 5.97 Å². The average Bonchev–Trinajstić information content (AvgIpc) is 2.48. The highest BCUT2D eigenvalue weighted by molar-refractivity contribution is 5.74. The Kier molecular flexibility index (Phi) is 8.77. The summed E-state index contributed by atoms with van der Waals surface area (Å²) < 4.78 is 5.27. The Bertz CT molecular complexity index is 319. The van der Waals surface area contributed by atoms with Crippen molar-refractivity contribution in [3.8, 4) is 0 Å². The first-order valence-corrected chi connectivity index (χ1v) is 7.65. The second kappa shape index (κ2) is 10.4. The number of nitrogens with one attached hydrogen (secondary N) is 2. The molecule has 1 rings (SSSR count). The fourth-order valence-electron chi connectivity index (χ4n) is 2.24. The molecule has 1 heterocycles. The number of nitrogens with zero attached hydrogens (tertiary/aromatic N) is 1. The first-order chi connectivity index (χ1) is 10.1. The predicted octanol–water partition coefficient (Wildman–Crippen LogP) is 0.509. The van der Waals surface area contributed by atoms with Crippen LogP contribution in [0.1, 0.15) is 26.2 Å². The van der Waals surface area contributed by atoms with Crippen LogP contribution in [0.2, 0.25) is 0 Å². The normalized spacial score (nSPS) is 17.2. The molecule has 0 radical (unpaired) electrons. The zero-order valence-electron chi connectivity index (χ0n) is 12.8. The molecule has 1 aliphatic rings. The smallest absolute Gasteiger partial charge is 0.314 e. The average molecular weight is 301 g/mol. The largest absolute Gasteiger partial charge is 0.481 e. The first-order valence-electron chi connectivity index (χ1n) is 7.65. The zero-order chi connectivity index (χ0) is 15.5. The molecule has 0 spiro atoms. The summed E-state index contributed by atoms with van der Waals surface area (Å²) in [4.78, 5) is 24.6. The minimum Gasteiger partial charge on any atom is -0.481 e. The fourth-order valence-corrected chi connectivity index (χ4v) is 2.24. The van der Waals surface area contributed by atoms with E-state index in [0.29, 0.717) is 13.1 Å². The minimum atomic E-state index is -0.824. The molecule has 1 fully saturated rings. The first kappa shape index (κ1) is 17.7. The van der Waals surface area contributed by atoms with Crippen LogP contribution in [0.3, 0.4) is 0 Å². The van der Waals surface area contributed by atoms with Gasteiger partial charge in [0.1, 0.15) is 0 Å². The van der Waals surface area contributed by atoms with Crippen molar-refractivity contribution >= 4 is 12.0 Å². The van der Waals surface area contributed by atoms with Crippen LogP contribution in [0.15, 0.2) is 0 Å². The van der Waals surface area contributed by atoms with Crippen LogP contribution >= 0.6 is 0 Å². The van der Waals surface area contributed by atoms with Gasteiger partial charge in [-0.1, -0.05) is 13.3 Å². The Balaban J connectivity index is 2.03. The van der Waals surface area contributed by atoms with Crippen LogP contribution in [-0.2, 0) is 9.53 Å². The van der Waals surface area contributed by atoms with Gasteiger partial charge in [0.25, 0.3) is 0 Å². The highest BCUT2D eigenvalue weighted by atomic mass is 16.5. The lowest BCUT2D eigenvalue weighted by Gasteiger charge is -2.26. The number of carboxylic acids is 1. The number of rotatable bonds is 9. The Morgan fingerprint density at radius 1 is 1.29 bits per heavy atom. The van der Waals surface area contributed by atoms with E-state index in [1.165, 1.54) is 0 Å². The topological polar surface area (TPSA) is 90.9 Å². The number of morpholine rings is 1. The molecule has 0 aliphatic carbocycles. The molecule has 21 heavy (non-hydrogen) atoms. The quantitative estimate of drug-likeness (QED) is 0.540. The molecule has 7 nitrogen and oxygen atoms in total. The monoisotopic (exact) mass is 301 g/mol. The number of carboxylic acid groups (broad SMARTS) is 1. The van der Waals surface area contributed by atoms with Gasteiger partial charge in [0.2, 0.25) is 0 Å². The second-order valence-corrected chi connectivity index (χ2v) is 5.32. The third-order valence-corrected chi connectivity index (χ3v) is 3.63. The van der Waals surface area contributed by atoms with Crippen molar-refractivity contribution in [3.05, 3.63) is 0 Å². The maximum atomic E-state index is 11.6. The lowest BCUT2D eigenvalue weighted by molar-refractivity contribution is -0.138. The molecule has 1 unspecified atom stereocenters. The molecule has 0 aromatic heterocycles. The van der Waals surface area contributed by atoms with Gasteiger partial charge in [0, 0.05) is 32.6 Å². The van der Waals surface area contributed by atoms with Crippen molar-refractivity contribution in [2.24, 2.45) is 5.92 Å². The highest BCUT2D eigenvalue weighted by Crippen LogP contribution is 2.06. The third kappa shape index (κ3) is 8.52. The van der Waals surface area contributed by atoms with E-state index in [1.807, 2.05) is 6.92 Å². The maximum absolute atomic E-state index is 11.6. The number of ether oxygens (including phenoxy) is 1. The molecule has 7 heteroatoms. The van der Waals surface area contributed by atoms with E-state index in [2.05, 4.69) is 15.5 Å². The Labute approximate surface area is 126 Å². The number of hydrogen-bond acceptors (Lipinski definition) is 4. The summed E-state index contributed by atoms with van der Waals surface area (Å²) in [5.74, 6) is -0.837. The van der Waals surface area contributed by atoms with Crippen LogP contribution in [0, 0.1) is 5.92 Å². The maximum Gasteiger partial charge on any atom is 0.314 e. The van der Waals surface area contributed by atoms with Crippen molar-refractivity contribution in [1.29, 1.82) is 0 Å². The van der Waals surface area contributed by atoms with E-state index in [9.17, 15) is 9.59 Å². The number of carbonyl (C=O) groups excluding carboxylic acids is 1. The predicted molar refractivity (Wildman–Crippen MR) is 79.3 cm³/mol. The van der Waals surface area contributed by atoms with Gasteiger partial charge in [0.15, 0.2) is 0 Å². The van der Waals surface area contributed by atoms with E-state index in [0.717, 1.165) is 45.7 Å². The molecule has 3 N–H and O–H groups in total. The number of amides is 2. The molecule has 122 valence electrons. The molecule has 2 amide bonds. The molecule has 0 aromatic carbocycles. The molecule has 0 saturated carbocycles. The van der Waals surface area contributed by atoms with Crippen molar-refractivity contribution in [3.63, 3.8) is 0 Å². The molecule has 1 atom stereocenters. The van der Waals surface area contributed by atoms with E-state index >= 15 is 0 Å². The SMILES string of the molecule is CCC(CNC(=O)NCCCN1CCOCC1)CC(=O)O. The summed E-state index contributed by atoms with van der Waals surface area (Å²) >= 11 is 0. The number of urea groups is 1. The van der Waals surface area contributed by atoms with Gasteiger partial charge in [-0.15, -0.1) is 0 Å². The molecule has 1 saturated heterocycles. The van der Waals surface area contributed by atoms with Crippen molar-refractivity contribution in [1.82, 2.24) is 15.5 Å². The highest BCUT2D eigenvalue weighted by Gasteiger charge is 2.12. The summed E-state index contributed by atoms with van der Waals surface area (Å²) in [6.07, 6.45) is 1.73. The Morgan fingerprint density at radius 2 is 2.00 bits per heavy atom. The van der Waals surface area contributed by atoms with E-state index in [4.69, 9.17) is 9.84 Å². The van der Waals surface area contributed by atoms with Gasteiger partial charge >= 0.3 is 12.0 Å². The zero-order valence-corrected chi connectivity index (χ0v) is 12.8. The van der Waals surface area contributed by atoms with Gasteiger partial charge < -0.3 is 20.5 Å². The van der Waals surface area contributed by atoms with Crippen LogP contribution in [-0.4, -0.2) is 67.9 Å². The van der Waals surface area contributed by atoms with Gasteiger partial charge in [-0.05, 0) is 18.9 Å². The van der Waals surface area contributed by atoms with E-state index in [1.54, 1.807) is 0 Å². The van der Waals surface area contributed by atoms with Crippen LogP contribution < -0.4 is 10.6 Å². The standard InChI is InChI=1S/C14H27N3O4/c1-2-12(10-13(18)19)11-16-14(20)15-4-3-5-17-6-8-21-9-7-17/h12H,2-11H2,1H3,(H,18,19)(H2,15,16,20). The summed E-state index contributed by atoms with van der Waals surface area (Å²) in [5, 5.41) is 14.3. The van der Waals surface area contributed by atoms with Gasteiger partial charge in [-0.3, -0.25) is 9.69 Å². The Hall–Kier alpha value is -1.34. The summed E-state index contributed by atoms with van der Waals surface area (Å²) in [5.41, 5.74) is 0. The lowest BCUT2D eigenvalue weighted by atomic mass is 10.0. The molecular formula is C14H27N3O4. The summed E-state index contributed by atoms with van der Waals surface area (Å²) in [6.45, 7) is 7.40. The third-order valence-electron chi connectivity index (χ3n) is 3.63. The van der Waals surface area contributed by atoms with Crippen LogP contribution in [0.4, 0.5) is 4.79 Å². The van der Waals surface area contributed by atoms with Crippen molar-refractivity contribution < 1.29 is 19.4 Å². The summed E-state index contributed by atoms with van der Waals surface area (Å²) in [6, 6.07) is -0.221. The second-order valence-electron chi connectivity index (χ2n) is 5.32. The van der Waals surface area contributed by atoms with Crippen LogP contribution in [0.5, 0.6) is 0 Å². The van der Waals surface area contributed by atoms with E-state index in [-0.39, 0.29) is 18.4 Å².